The van der Waals surface area contributed by atoms with E-state index in [-0.39, 0.29) is 12.1 Å². The van der Waals surface area contributed by atoms with Crippen molar-refractivity contribution in [2.24, 2.45) is 0 Å². The minimum atomic E-state index is -4.79. The molecule has 0 spiro atoms. The Morgan fingerprint density at radius 2 is 1.51 bits per heavy atom. The van der Waals surface area contributed by atoms with E-state index >= 15 is 0 Å². The molecule has 10 heteroatoms. The SMILES string of the molecule is O=C(NCCc1cccc2ccccc12)NC(c1ccc(C(F)(F)F)cc1)c1ncccc1C(F)(F)F. The number of carbonyl (C=O) groups is 1. The highest BCUT2D eigenvalue weighted by atomic mass is 19.4. The molecular weight excluding hydrogens is 496 g/mol. The maximum absolute atomic E-state index is 13.7. The summed E-state index contributed by atoms with van der Waals surface area (Å²) in [6, 6.07) is 16.7. The molecule has 0 fully saturated rings. The number of benzene rings is 3. The lowest BCUT2D eigenvalue weighted by atomic mass is 9.98. The second kappa shape index (κ2) is 10.5. The lowest BCUT2D eigenvalue weighted by Crippen LogP contribution is -2.40. The van der Waals surface area contributed by atoms with Crippen molar-refractivity contribution in [3.63, 3.8) is 0 Å². The van der Waals surface area contributed by atoms with Crippen LogP contribution < -0.4 is 10.6 Å². The number of aromatic nitrogens is 1. The minimum absolute atomic E-state index is 0.0152. The van der Waals surface area contributed by atoms with Gasteiger partial charge in [-0.2, -0.15) is 26.3 Å². The van der Waals surface area contributed by atoms with Crippen molar-refractivity contribution < 1.29 is 31.1 Å². The number of alkyl halides is 6. The molecular formula is C27H21F6N3O. The zero-order chi connectivity index (χ0) is 26.6. The third-order valence-electron chi connectivity index (χ3n) is 5.82. The smallest absolute Gasteiger partial charge is 0.338 e. The van der Waals surface area contributed by atoms with Crippen LogP contribution in [0.5, 0.6) is 0 Å². The van der Waals surface area contributed by atoms with E-state index in [2.05, 4.69) is 15.6 Å². The number of nitrogens with zero attached hydrogens (tertiary/aromatic N) is 1. The van der Waals surface area contributed by atoms with Crippen LogP contribution >= 0.6 is 0 Å². The average Bonchev–Trinajstić information content (AvgIpc) is 2.86. The first-order valence-corrected chi connectivity index (χ1v) is 11.2. The van der Waals surface area contributed by atoms with Crippen LogP contribution in [0.25, 0.3) is 10.8 Å². The van der Waals surface area contributed by atoms with Crippen LogP contribution in [0.2, 0.25) is 0 Å². The number of pyridine rings is 1. The first kappa shape index (κ1) is 26.0. The molecule has 4 aromatic rings. The molecule has 0 aliphatic carbocycles. The largest absolute Gasteiger partial charge is 0.418 e. The lowest BCUT2D eigenvalue weighted by molar-refractivity contribution is -0.139. The van der Waals surface area contributed by atoms with Gasteiger partial charge in [0.05, 0.1) is 22.9 Å². The van der Waals surface area contributed by atoms with E-state index in [4.69, 9.17) is 0 Å². The molecule has 0 radical (unpaired) electrons. The highest BCUT2D eigenvalue weighted by molar-refractivity contribution is 5.85. The van der Waals surface area contributed by atoms with Gasteiger partial charge in [-0.1, -0.05) is 54.6 Å². The zero-order valence-corrected chi connectivity index (χ0v) is 19.2. The van der Waals surface area contributed by atoms with Crippen molar-refractivity contribution in [3.05, 3.63) is 113 Å². The van der Waals surface area contributed by atoms with Gasteiger partial charge in [0, 0.05) is 12.7 Å². The van der Waals surface area contributed by atoms with Crippen molar-refractivity contribution >= 4 is 16.8 Å². The van der Waals surface area contributed by atoms with Crippen molar-refractivity contribution in [2.75, 3.05) is 6.54 Å². The number of hydrogen-bond acceptors (Lipinski definition) is 2. The average molecular weight is 517 g/mol. The Kier molecular flexibility index (Phi) is 7.37. The Balaban J connectivity index is 1.56. The van der Waals surface area contributed by atoms with E-state index < -0.39 is 41.2 Å². The quantitative estimate of drug-likeness (QED) is 0.273. The molecule has 4 nitrogen and oxygen atoms in total. The molecule has 0 bridgehead atoms. The van der Waals surface area contributed by atoms with E-state index in [0.29, 0.717) is 6.42 Å². The molecule has 37 heavy (non-hydrogen) atoms. The zero-order valence-electron chi connectivity index (χ0n) is 19.2. The summed E-state index contributed by atoms with van der Waals surface area (Å²) >= 11 is 0. The minimum Gasteiger partial charge on any atom is -0.338 e. The molecule has 0 aliphatic rings. The fraction of sp³-hybridized carbons (Fsp3) is 0.185. The van der Waals surface area contributed by atoms with Crippen molar-refractivity contribution in [1.82, 2.24) is 15.6 Å². The Bertz CT molecular complexity index is 1380. The number of amides is 2. The van der Waals surface area contributed by atoms with Crippen LogP contribution in [0.4, 0.5) is 31.1 Å². The third kappa shape index (κ3) is 6.19. The molecule has 0 saturated carbocycles. The van der Waals surface area contributed by atoms with Gasteiger partial charge in [0.2, 0.25) is 0 Å². The molecule has 3 aromatic carbocycles. The first-order valence-electron chi connectivity index (χ1n) is 11.2. The number of urea groups is 1. The molecule has 2 amide bonds. The summed E-state index contributed by atoms with van der Waals surface area (Å²) in [5.74, 6) is 0. The summed E-state index contributed by atoms with van der Waals surface area (Å²) in [7, 11) is 0. The maximum Gasteiger partial charge on any atom is 0.418 e. The van der Waals surface area contributed by atoms with Crippen molar-refractivity contribution in [1.29, 1.82) is 0 Å². The highest BCUT2D eigenvalue weighted by Crippen LogP contribution is 2.36. The summed E-state index contributed by atoms with van der Waals surface area (Å²) in [6.07, 6.45) is -7.83. The van der Waals surface area contributed by atoms with Crippen LogP contribution in [0.1, 0.15) is 34.0 Å². The van der Waals surface area contributed by atoms with Gasteiger partial charge >= 0.3 is 18.4 Å². The van der Waals surface area contributed by atoms with E-state index in [0.717, 1.165) is 58.9 Å². The predicted octanol–water partition coefficient (Wildman–Crippen LogP) is 6.90. The van der Waals surface area contributed by atoms with Gasteiger partial charge in [-0.15, -0.1) is 0 Å². The molecule has 1 unspecified atom stereocenters. The van der Waals surface area contributed by atoms with Crippen LogP contribution in [0.3, 0.4) is 0 Å². The number of carbonyl (C=O) groups excluding carboxylic acids is 1. The summed E-state index contributed by atoms with van der Waals surface area (Å²) in [5.41, 5.74) is -1.61. The molecule has 0 aliphatic heterocycles. The topological polar surface area (TPSA) is 54.0 Å². The van der Waals surface area contributed by atoms with Crippen LogP contribution in [0, 0.1) is 0 Å². The Hall–Kier alpha value is -4.08. The van der Waals surface area contributed by atoms with Gasteiger partial charge in [-0.3, -0.25) is 4.98 Å². The van der Waals surface area contributed by atoms with Gasteiger partial charge in [-0.05, 0) is 52.6 Å². The van der Waals surface area contributed by atoms with Gasteiger partial charge in [-0.25, -0.2) is 4.79 Å². The lowest BCUT2D eigenvalue weighted by Gasteiger charge is -2.23. The molecule has 1 heterocycles. The number of fused-ring (bicyclic) bond motifs is 1. The Morgan fingerprint density at radius 1 is 0.811 bits per heavy atom. The molecule has 1 aromatic heterocycles. The number of rotatable bonds is 6. The fourth-order valence-electron chi connectivity index (χ4n) is 4.06. The van der Waals surface area contributed by atoms with Crippen LogP contribution in [-0.2, 0) is 18.8 Å². The van der Waals surface area contributed by atoms with E-state index in [1.807, 2.05) is 42.5 Å². The van der Waals surface area contributed by atoms with Crippen LogP contribution in [-0.4, -0.2) is 17.6 Å². The normalized spacial score (nSPS) is 12.8. The third-order valence-corrected chi connectivity index (χ3v) is 5.82. The number of halogens is 6. The number of hydrogen-bond donors (Lipinski definition) is 2. The van der Waals surface area contributed by atoms with Gasteiger partial charge in [0.25, 0.3) is 0 Å². The van der Waals surface area contributed by atoms with Gasteiger partial charge in [0.15, 0.2) is 0 Å². The second-order valence-corrected chi connectivity index (χ2v) is 8.28. The maximum atomic E-state index is 13.7. The molecule has 4 rings (SSSR count). The molecule has 1 atom stereocenters. The van der Waals surface area contributed by atoms with Crippen molar-refractivity contribution in [2.45, 2.75) is 24.8 Å². The summed E-state index contributed by atoms with van der Waals surface area (Å²) in [4.78, 5) is 16.6. The Morgan fingerprint density at radius 3 is 2.22 bits per heavy atom. The predicted molar refractivity (Wildman–Crippen MR) is 127 cm³/mol. The van der Waals surface area contributed by atoms with E-state index in [1.54, 1.807) is 0 Å². The molecule has 0 saturated heterocycles. The van der Waals surface area contributed by atoms with Crippen molar-refractivity contribution in [3.8, 4) is 0 Å². The van der Waals surface area contributed by atoms with Crippen LogP contribution in [0.15, 0.2) is 85.1 Å². The molecule has 2 N–H and O–H groups in total. The first-order chi connectivity index (χ1) is 17.5. The number of nitrogens with one attached hydrogen (secondary N) is 2. The van der Waals surface area contributed by atoms with E-state index in [1.165, 1.54) is 0 Å². The van der Waals surface area contributed by atoms with Gasteiger partial charge in [0.1, 0.15) is 0 Å². The summed E-state index contributed by atoms with van der Waals surface area (Å²) < 4.78 is 80.1. The monoisotopic (exact) mass is 517 g/mol. The standard InChI is InChI=1S/C27H21F6N3O/c28-26(29,30)20-12-10-19(11-13-20)23(24-22(27(31,32)33)9-4-15-34-24)36-25(37)35-16-14-18-7-3-6-17-5-1-2-8-21(17)18/h1-13,15,23H,14,16H2,(H2,35,36,37). The molecule has 192 valence electrons. The fourth-order valence-corrected chi connectivity index (χ4v) is 4.06. The highest BCUT2D eigenvalue weighted by Gasteiger charge is 2.37. The van der Waals surface area contributed by atoms with E-state index in [9.17, 15) is 31.1 Å². The Labute approximate surface area is 208 Å². The second-order valence-electron chi connectivity index (χ2n) is 8.28. The summed E-state index contributed by atoms with van der Waals surface area (Å²) in [6.45, 7) is 0.175. The van der Waals surface area contributed by atoms with Gasteiger partial charge < -0.3 is 10.6 Å². The summed E-state index contributed by atoms with van der Waals surface area (Å²) in [5, 5.41) is 7.11.